The normalized spacial score (nSPS) is 17.5. The van der Waals surface area contributed by atoms with E-state index in [-0.39, 0.29) is 18.4 Å². The first-order chi connectivity index (χ1) is 12.4. The molecule has 1 aliphatic rings. The fourth-order valence-corrected chi connectivity index (χ4v) is 3.19. The molecular formula is C19H27N3O4. The monoisotopic (exact) mass is 361 g/mol. The number of carboxylic acid groups (broad SMARTS) is 1. The first-order valence-corrected chi connectivity index (χ1v) is 9.09. The Balaban J connectivity index is 1.89. The molecule has 26 heavy (non-hydrogen) atoms. The third kappa shape index (κ3) is 5.29. The molecule has 1 saturated heterocycles. The molecule has 2 amide bonds. The van der Waals surface area contributed by atoms with Gasteiger partial charge in [-0.25, -0.2) is 0 Å². The Labute approximate surface area is 154 Å². The molecule has 0 aliphatic carbocycles. The zero-order valence-electron chi connectivity index (χ0n) is 15.4. The number of carbonyl (C=O) groups excluding carboxylic acids is 2. The van der Waals surface area contributed by atoms with Crippen LogP contribution in [0.2, 0.25) is 0 Å². The van der Waals surface area contributed by atoms with E-state index in [1.807, 2.05) is 18.7 Å². The van der Waals surface area contributed by atoms with Crippen LogP contribution < -0.4 is 5.32 Å². The predicted molar refractivity (Wildman–Crippen MR) is 99.1 cm³/mol. The summed E-state index contributed by atoms with van der Waals surface area (Å²) in [6.45, 7) is 6.48. The highest BCUT2D eigenvalue weighted by molar-refractivity contribution is 5.96. The quantitative estimate of drug-likeness (QED) is 0.774. The molecule has 1 aromatic carbocycles. The number of likely N-dealkylation sites (tertiary alicyclic amines) is 1. The number of carboxylic acids is 1. The van der Waals surface area contributed by atoms with E-state index in [9.17, 15) is 14.4 Å². The molecule has 2 rings (SSSR count). The second-order valence-corrected chi connectivity index (χ2v) is 6.52. The summed E-state index contributed by atoms with van der Waals surface area (Å²) >= 11 is 0. The molecule has 1 aliphatic heterocycles. The number of nitrogens with one attached hydrogen (secondary N) is 1. The van der Waals surface area contributed by atoms with Crippen molar-refractivity contribution in [3.05, 3.63) is 29.8 Å². The lowest BCUT2D eigenvalue weighted by molar-refractivity contribution is -0.144. The average Bonchev–Trinajstić information content (AvgIpc) is 2.63. The fourth-order valence-electron chi connectivity index (χ4n) is 3.19. The first-order valence-electron chi connectivity index (χ1n) is 9.09. The number of hydrogen-bond donors (Lipinski definition) is 2. The average molecular weight is 361 g/mol. The molecule has 142 valence electrons. The number of carbonyl (C=O) groups is 3. The SMILES string of the molecule is CCN(CC)C(=O)c1ccc(NC(=O)CN2CCCC(C(=O)O)C2)cc1. The lowest BCUT2D eigenvalue weighted by Crippen LogP contribution is -2.42. The highest BCUT2D eigenvalue weighted by Crippen LogP contribution is 2.17. The van der Waals surface area contributed by atoms with E-state index in [0.29, 0.717) is 37.3 Å². The Morgan fingerprint density at radius 2 is 1.85 bits per heavy atom. The highest BCUT2D eigenvalue weighted by Gasteiger charge is 2.26. The van der Waals surface area contributed by atoms with Crippen LogP contribution in [0, 0.1) is 5.92 Å². The molecule has 1 fully saturated rings. The summed E-state index contributed by atoms with van der Waals surface area (Å²) in [4.78, 5) is 39.2. The Morgan fingerprint density at radius 3 is 2.42 bits per heavy atom. The smallest absolute Gasteiger partial charge is 0.307 e. The number of hydrogen-bond acceptors (Lipinski definition) is 4. The summed E-state index contributed by atoms with van der Waals surface area (Å²) in [5.74, 6) is -1.41. The maximum Gasteiger partial charge on any atom is 0.307 e. The van der Waals surface area contributed by atoms with Gasteiger partial charge < -0.3 is 15.3 Å². The van der Waals surface area contributed by atoms with Crippen molar-refractivity contribution in [2.24, 2.45) is 5.92 Å². The molecule has 1 unspecified atom stereocenters. The van der Waals surface area contributed by atoms with E-state index in [1.54, 1.807) is 29.2 Å². The molecule has 0 bridgehead atoms. The van der Waals surface area contributed by atoms with Crippen LogP contribution in [0.3, 0.4) is 0 Å². The Hall–Kier alpha value is -2.41. The van der Waals surface area contributed by atoms with Crippen molar-refractivity contribution in [2.45, 2.75) is 26.7 Å². The van der Waals surface area contributed by atoms with E-state index >= 15 is 0 Å². The zero-order chi connectivity index (χ0) is 19.1. The number of benzene rings is 1. The lowest BCUT2D eigenvalue weighted by atomic mass is 9.98. The van der Waals surface area contributed by atoms with Crippen LogP contribution in [0.15, 0.2) is 24.3 Å². The molecule has 0 aromatic heterocycles. The van der Waals surface area contributed by atoms with Crippen molar-refractivity contribution in [3.63, 3.8) is 0 Å². The third-order valence-electron chi connectivity index (χ3n) is 4.69. The van der Waals surface area contributed by atoms with Gasteiger partial charge in [0.15, 0.2) is 0 Å². The Kier molecular flexibility index (Phi) is 7.15. The molecule has 1 heterocycles. The topological polar surface area (TPSA) is 90.0 Å². The van der Waals surface area contributed by atoms with Gasteiger partial charge in [-0.3, -0.25) is 19.3 Å². The minimum Gasteiger partial charge on any atom is -0.481 e. The van der Waals surface area contributed by atoms with E-state index in [1.165, 1.54) is 0 Å². The molecule has 0 saturated carbocycles. The number of anilines is 1. The van der Waals surface area contributed by atoms with Gasteiger partial charge in [-0.2, -0.15) is 0 Å². The molecule has 7 nitrogen and oxygen atoms in total. The van der Waals surface area contributed by atoms with Gasteiger partial charge in [-0.05, 0) is 57.5 Å². The van der Waals surface area contributed by atoms with Crippen LogP contribution in [-0.4, -0.2) is 65.4 Å². The van der Waals surface area contributed by atoms with Gasteiger partial charge in [0.05, 0.1) is 12.5 Å². The van der Waals surface area contributed by atoms with Crippen LogP contribution in [0.5, 0.6) is 0 Å². The summed E-state index contributed by atoms with van der Waals surface area (Å²) < 4.78 is 0. The van der Waals surface area contributed by atoms with Crippen LogP contribution >= 0.6 is 0 Å². The second kappa shape index (κ2) is 9.33. The van der Waals surface area contributed by atoms with E-state index in [0.717, 1.165) is 13.0 Å². The van der Waals surface area contributed by atoms with Gasteiger partial charge in [0, 0.05) is 30.9 Å². The molecule has 1 atom stereocenters. The van der Waals surface area contributed by atoms with E-state index < -0.39 is 11.9 Å². The van der Waals surface area contributed by atoms with Gasteiger partial charge in [0.1, 0.15) is 0 Å². The number of amides is 2. The van der Waals surface area contributed by atoms with Gasteiger partial charge in [0.25, 0.3) is 5.91 Å². The van der Waals surface area contributed by atoms with Crippen LogP contribution in [-0.2, 0) is 9.59 Å². The van der Waals surface area contributed by atoms with Crippen molar-refractivity contribution >= 4 is 23.5 Å². The molecule has 0 spiro atoms. The van der Waals surface area contributed by atoms with Crippen LogP contribution in [0.1, 0.15) is 37.0 Å². The minimum absolute atomic E-state index is 0.0269. The van der Waals surface area contributed by atoms with Crippen molar-refractivity contribution in [2.75, 3.05) is 38.0 Å². The maximum absolute atomic E-state index is 12.3. The molecular weight excluding hydrogens is 334 g/mol. The number of piperidine rings is 1. The third-order valence-corrected chi connectivity index (χ3v) is 4.69. The lowest BCUT2D eigenvalue weighted by Gasteiger charge is -2.29. The Morgan fingerprint density at radius 1 is 1.19 bits per heavy atom. The predicted octanol–water partition coefficient (Wildman–Crippen LogP) is 1.90. The summed E-state index contributed by atoms with van der Waals surface area (Å²) in [5, 5.41) is 11.9. The highest BCUT2D eigenvalue weighted by atomic mass is 16.4. The summed E-state index contributed by atoms with van der Waals surface area (Å²) in [6.07, 6.45) is 1.45. The van der Waals surface area contributed by atoms with Gasteiger partial charge in [-0.1, -0.05) is 0 Å². The first kappa shape index (κ1) is 19.9. The van der Waals surface area contributed by atoms with E-state index in [2.05, 4.69) is 5.32 Å². The van der Waals surface area contributed by atoms with Crippen molar-refractivity contribution < 1.29 is 19.5 Å². The largest absolute Gasteiger partial charge is 0.481 e. The molecule has 7 heteroatoms. The maximum atomic E-state index is 12.3. The minimum atomic E-state index is -0.802. The fraction of sp³-hybridized carbons (Fsp3) is 0.526. The van der Waals surface area contributed by atoms with Crippen molar-refractivity contribution in [1.29, 1.82) is 0 Å². The summed E-state index contributed by atoms with van der Waals surface area (Å²) in [6, 6.07) is 6.84. The van der Waals surface area contributed by atoms with Crippen LogP contribution in [0.4, 0.5) is 5.69 Å². The number of nitrogens with zero attached hydrogens (tertiary/aromatic N) is 2. The molecule has 2 N–H and O–H groups in total. The van der Waals surface area contributed by atoms with Gasteiger partial charge in [0.2, 0.25) is 5.91 Å². The summed E-state index contributed by atoms with van der Waals surface area (Å²) in [5.41, 5.74) is 1.21. The van der Waals surface area contributed by atoms with E-state index in [4.69, 9.17) is 5.11 Å². The summed E-state index contributed by atoms with van der Waals surface area (Å²) in [7, 11) is 0. The molecule has 0 radical (unpaired) electrons. The van der Waals surface area contributed by atoms with Crippen LogP contribution in [0.25, 0.3) is 0 Å². The van der Waals surface area contributed by atoms with Gasteiger partial charge in [-0.15, -0.1) is 0 Å². The molecule has 1 aromatic rings. The standard InChI is InChI=1S/C19H27N3O4/c1-3-22(4-2)18(24)14-7-9-16(10-8-14)20-17(23)13-21-11-5-6-15(12-21)19(25)26/h7-10,15H,3-6,11-13H2,1-2H3,(H,20,23)(H,25,26). The van der Waals surface area contributed by atoms with Crippen molar-refractivity contribution in [3.8, 4) is 0 Å². The van der Waals surface area contributed by atoms with Crippen molar-refractivity contribution in [1.82, 2.24) is 9.80 Å². The van der Waals surface area contributed by atoms with Gasteiger partial charge >= 0.3 is 5.97 Å². The zero-order valence-corrected chi connectivity index (χ0v) is 15.4. The number of aliphatic carboxylic acids is 1. The second-order valence-electron chi connectivity index (χ2n) is 6.52. The Bertz CT molecular complexity index is 641. The number of rotatable bonds is 7.